The van der Waals surface area contributed by atoms with Crippen molar-refractivity contribution >= 4 is 21.9 Å². The minimum Gasteiger partial charge on any atom is -0.507 e. The monoisotopic (exact) mass is 387 g/mol. The lowest BCUT2D eigenvalue weighted by molar-refractivity contribution is 0.314. The normalized spacial score (nSPS) is 22.4. The number of hydrogen-bond acceptors (Lipinski definition) is 5. The summed E-state index contributed by atoms with van der Waals surface area (Å²) in [6.07, 6.45) is 4.15. The van der Waals surface area contributed by atoms with E-state index in [2.05, 4.69) is 36.4 Å². The Kier molecular flexibility index (Phi) is 4.24. The van der Waals surface area contributed by atoms with Crippen LogP contribution in [0.25, 0.3) is 33.2 Å². The Bertz CT molecular complexity index is 1200. The van der Waals surface area contributed by atoms with Crippen LogP contribution < -0.4 is 5.32 Å². The first kappa shape index (κ1) is 18.1. The molecule has 2 N–H and O–H groups in total. The second-order valence-electron chi connectivity index (χ2n) is 8.34. The van der Waals surface area contributed by atoms with E-state index in [0.29, 0.717) is 23.6 Å². The molecule has 6 heteroatoms. The van der Waals surface area contributed by atoms with E-state index in [1.165, 1.54) is 0 Å². The standard InChI is InChI=1S/C23H25N5O/c1-13-8-15(9-14(2)24-13)18-4-6-21-20(25-18)7-5-19(26-21)17-10-16-12-28(3)27-22(16)11-23(17)29/h4-7,10-15,24,29H,8-9H2,1-3H3/t13-,14-/m0/s1. The molecular formula is C23H25N5O. The highest BCUT2D eigenvalue weighted by Crippen LogP contribution is 2.34. The third-order valence-electron chi connectivity index (χ3n) is 5.84. The average Bonchev–Trinajstić information content (AvgIpc) is 3.04. The van der Waals surface area contributed by atoms with Gasteiger partial charge < -0.3 is 10.4 Å². The Balaban J connectivity index is 1.52. The van der Waals surface area contributed by atoms with Gasteiger partial charge in [0.2, 0.25) is 0 Å². The van der Waals surface area contributed by atoms with Crippen LogP contribution in [0.5, 0.6) is 5.75 Å². The predicted octanol–water partition coefficient (Wildman–Crippen LogP) is 4.13. The van der Waals surface area contributed by atoms with Crippen molar-refractivity contribution in [2.75, 3.05) is 0 Å². The molecule has 0 aliphatic carbocycles. The van der Waals surface area contributed by atoms with Gasteiger partial charge in [0.15, 0.2) is 0 Å². The van der Waals surface area contributed by atoms with Crippen LogP contribution in [0.4, 0.5) is 0 Å². The fourth-order valence-corrected chi connectivity index (χ4v) is 4.61. The number of piperidine rings is 1. The SMILES string of the molecule is C[C@H]1CC(c2ccc3nc(-c4cc5cn(C)nc5cc4O)ccc3n2)C[C@H](C)N1. The number of benzene rings is 1. The van der Waals surface area contributed by atoms with E-state index in [1.807, 2.05) is 31.4 Å². The van der Waals surface area contributed by atoms with Gasteiger partial charge in [0.05, 0.1) is 22.2 Å². The van der Waals surface area contributed by atoms with Crippen LogP contribution in [-0.2, 0) is 7.05 Å². The largest absolute Gasteiger partial charge is 0.507 e. The summed E-state index contributed by atoms with van der Waals surface area (Å²) >= 11 is 0. The van der Waals surface area contributed by atoms with Crippen molar-refractivity contribution in [3.8, 4) is 17.0 Å². The summed E-state index contributed by atoms with van der Waals surface area (Å²) in [5.74, 6) is 0.660. The van der Waals surface area contributed by atoms with Gasteiger partial charge in [-0.05, 0) is 57.0 Å². The van der Waals surface area contributed by atoms with Gasteiger partial charge >= 0.3 is 0 Å². The van der Waals surface area contributed by atoms with Crippen molar-refractivity contribution in [1.82, 2.24) is 25.1 Å². The van der Waals surface area contributed by atoms with Crippen molar-refractivity contribution in [1.29, 1.82) is 0 Å². The Hall–Kier alpha value is -2.99. The fourth-order valence-electron chi connectivity index (χ4n) is 4.61. The number of aromatic hydroxyl groups is 1. The van der Waals surface area contributed by atoms with Gasteiger partial charge in [-0.25, -0.2) is 4.98 Å². The first-order chi connectivity index (χ1) is 14.0. The Morgan fingerprint density at radius 1 is 0.966 bits per heavy atom. The Morgan fingerprint density at radius 2 is 1.69 bits per heavy atom. The summed E-state index contributed by atoms with van der Waals surface area (Å²) in [5, 5.41) is 19.4. The topological polar surface area (TPSA) is 75.9 Å². The van der Waals surface area contributed by atoms with E-state index in [1.54, 1.807) is 10.7 Å². The van der Waals surface area contributed by atoms with Crippen molar-refractivity contribution in [3.63, 3.8) is 0 Å². The van der Waals surface area contributed by atoms with Gasteiger partial charge in [-0.1, -0.05) is 0 Å². The minimum atomic E-state index is 0.185. The zero-order chi connectivity index (χ0) is 20.1. The maximum absolute atomic E-state index is 10.5. The lowest BCUT2D eigenvalue weighted by atomic mass is 9.86. The zero-order valence-corrected chi connectivity index (χ0v) is 16.9. The molecule has 5 rings (SSSR count). The molecule has 1 aliphatic rings. The quantitative estimate of drug-likeness (QED) is 0.541. The number of fused-ring (bicyclic) bond motifs is 2. The van der Waals surface area contributed by atoms with Crippen LogP contribution in [0.3, 0.4) is 0 Å². The van der Waals surface area contributed by atoms with Gasteiger partial charge in [0.25, 0.3) is 0 Å². The molecule has 0 bridgehead atoms. The van der Waals surface area contributed by atoms with E-state index in [9.17, 15) is 5.11 Å². The summed E-state index contributed by atoms with van der Waals surface area (Å²) in [6.45, 7) is 4.48. The molecule has 0 unspecified atom stereocenters. The van der Waals surface area contributed by atoms with E-state index >= 15 is 0 Å². The molecule has 1 saturated heterocycles. The fraction of sp³-hybridized carbons (Fsp3) is 0.348. The van der Waals surface area contributed by atoms with Gasteiger partial charge in [-0.2, -0.15) is 5.10 Å². The second kappa shape index (κ2) is 6.81. The third kappa shape index (κ3) is 3.34. The molecule has 0 radical (unpaired) electrons. The molecule has 1 aliphatic heterocycles. The van der Waals surface area contributed by atoms with Crippen LogP contribution in [0.15, 0.2) is 42.6 Å². The number of nitrogens with one attached hydrogen (secondary N) is 1. The van der Waals surface area contributed by atoms with Gasteiger partial charge in [0.1, 0.15) is 5.75 Å². The van der Waals surface area contributed by atoms with Gasteiger partial charge in [0, 0.05) is 54.0 Å². The number of pyridine rings is 2. The molecule has 6 nitrogen and oxygen atoms in total. The summed E-state index contributed by atoms with van der Waals surface area (Å²) < 4.78 is 1.75. The highest BCUT2D eigenvalue weighted by molar-refractivity contribution is 5.88. The average molecular weight is 387 g/mol. The molecular weight excluding hydrogens is 362 g/mol. The number of hydrogen-bond donors (Lipinski definition) is 2. The summed E-state index contributed by atoms with van der Waals surface area (Å²) in [7, 11) is 1.87. The Morgan fingerprint density at radius 3 is 2.48 bits per heavy atom. The molecule has 0 spiro atoms. The highest BCUT2D eigenvalue weighted by Gasteiger charge is 2.25. The summed E-state index contributed by atoms with van der Waals surface area (Å²) in [4.78, 5) is 9.69. The lowest BCUT2D eigenvalue weighted by Gasteiger charge is -2.32. The molecule has 3 aromatic heterocycles. The van der Waals surface area contributed by atoms with Crippen LogP contribution in [0, 0.1) is 0 Å². The molecule has 4 heterocycles. The van der Waals surface area contributed by atoms with Crippen molar-refractivity contribution in [3.05, 3.63) is 48.3 Å². The van der Waals surface area contributed by atoms with Crippen LogP contribution >= 0.6 is 0 Å². The van der Waals surface area contributed by atoms with Crippen LogP contribution in [0.2, 0.25) is 0 Å². The number of nitrogens with zero attached hydrogens (tertiary/aromatic N) is 4. The van der Waals surface area contributed by atoms with E-state index in [4.69, 9.17) is 9.97 Å². The molecule has 29 heavy (non-hydrogen) atoms. The first-order valence-corrected chi connectivity index (χ1v) is 10.2. The summed E-state index contributed by atoms with van der Waals surface area (Å²) in [6, 6.07) is 12.7. The number of phenols is 1. The number of aryl methyl sites for hydroxylation is 1. The van der Waals surface area contributed by atoms with Crippen molar-refractivity contribution < 1.29 is 5.11 Å². The molecule has 1 aromatic carbocycles. The maximum Gasteiger partial charge on any atom is 0.127 e. The molecule has 1 fully saturated rings. The third-order valence-corrected chi connectivity index (χ3v) is 5.84. The first-order valence-electron chi connectivity index (χ1n) is 10.2. The Labute approximate surface area is 169 Å². The lowest BCUT2D eigenvalue weighted by Crippen LogP contribution is -2.41. The van der Waals surface area contributed by atoms with Crippen LogP contribution in [0.1, 0.15) is 38.3 Å². The number of rotatable bonds is 2. The smallest absolute Gasteiger partial charge is 0.127 e. The van der Waals surface area contributed by atoms with Crippen LogP contribution in [-0.4, -0.2) is 36.9 Å². The van der Waals surface area contributed by atoms with Crippen molar-refractivity contribution in [2.24, 2.45) is 7.05 Å². The molecule has 0 saturated carbocycles. The molecule has 0 amide bonds. The molecule has 2 atom stereocenters. The zero-order valence-electron chi connectivity index (χ0n) is 16.9. The van der Waals surface area contributed by atoms with Crippen molar-refractivity contribution in [2.45, 2.75) is 44.7 Å². The molecule has 4 aromatic rings. The van der Waals surface area contributed by atoms with E-state index < -0.39 is 0 Å². The van der Waals surface area contributed by atoms with Gasteiger partial charge in [-0.15, -0.1) is 0 Å². The van der Waals surface area contributed by atoms with Gasteiger partial charge in [-0.3, -0.25) is 9.67 Å². The van der Waals surface area contributed by atoms with E-state index in [0.717, 1.165) is 46.2 Å². The minimum absolute atomic E-state index is 0.185. The predicted molar refractivity (Wildman–Crippen MR) is 115 cm³/mol. The number of phenolic OH excluding ortho intramolecular Hbond substituents is 1. The second-order valence-corrected chi connectivity index (χ2v) is 8.34. The molecule has 148 valence electrons. The highest BCUT2D eigenvalue weighted by atomic mass is 16.3. The van der Waals surface area contributed by atoms with E-state index in [-0.39, 0.29) is 5.75 Å². The number of aromatic nitrogens is 4. The summed E-state index contributed by atoms with van der Waals surface area (Å²) in [5.41, 5.74) is 5.09. The maximum atomic E-state index is 10.5.